The van der Waals surface area contributed by atoms with E-state index in [1.54, 1.807) is 0 Å². The van der Waals surface area contributed by atoms with Crippen LogP contribution in [0.15, 0.2) is 42.5 Å². The van der Waals surface area contributed by atoms with Gasteiger partial charge in [-0.2, -0.15) is 0 Å². The Labute approximate surface area is 131 Å². The van der Waals surface area contributed by atoms with Gasteiger partial charge in [0.2, 0.25) is 0 Å². The van der Waals surface area contributed by atoms with Crippen LogP contribution in [0.4, 0.5) is 0 Å². The molecule has 94 valence electrons. The van der Waals surface area contributed by atoms with Crippen LogP contribution in [-0.2, 0) is 0 Å². The summed E-state index contributed by atoms with van der Waals surface area (Å²) in [6.45, 7) is 0. The lowest BCUT2D eigenvalue weighted by Gasteiger charge is -2.18. The zero-order valence-corrected chi connectivity index (χ0v) is 13.4. The molecule has 0 aliphatic carbocycles. The summed E-state index contributed by atoms with van der Waals surface area (Å²) in [6.07, 6.45) is 0. The molecule has 1 atom stereocenters. The molecule has 0 aliphatic heterocycles. The average molecular weight is 392 g/mol. The van der Waals surface area contributed by atoms with Gasteiger partial charge in [-0.15, -0.1) is 0 Å². The first-order valence-electron chi connectivity index (χ1n) is 5.49. The van der Waals surface area contributed by atoms with Gasteiger partial charge in [-0.25, -0.2) is 0 Å². The first-order chi connectivity index (χ1) is 8.61. The van der Waals surface area contributed by atoms with E-state index >= 15 is 0 Å². The molecule has 0 aliphatic rings. The normalized spacial score (nSPS) is 12.4. The summed E-state index contributed by atoms with van der Waals surface area (Å²) in [4.78, 5) is 0. The fourth-order valence-corrected chi connectivity index (χ4v) is 2.63. The van der Waals surface area contributed by atoms with Gasteiger partial charge in [0, 0.05) is 8.59 Å². The van der Waals surface area contributed by atoms with Gasteiger partial charge in [-0.05, 0) is 65.0 Å². The summed E-state index contributed by atoms with van der Waals surface area (Å²) in [5.74, 6) is 0. The molecule has 0 heterocycles. The maximum atomic E-state index is 6.17. The quantitative estimate of drug-likeness (QED) is 0.733. The van der Waals surface area contributed by atoms with E-state index in [2.05, 4.69) is 40.0 Å². The van der Waals surface area contributed by atoms with E-state index in [0.29, 0.717) is 0 Å². The number of halogens is 3. The van der Waals surface area contributed by atoms with E-state index in [-0.39, 0.29) is 6.04 Å². The van der Waals surface area contributed by atoms with Crippen LogP contribution in [0, 0.1) is 3.57 Å². The van der Waals surface area contributed by atoms with Crippen molar-refractivity contribution in [3.05, 3.63) is 67.2 Å². The van der Waals surface area contributed by atoms with Gasteiger partial charge < -0.3 is 5.32 Å². The van der Waals surface area contributed by atoms with Crippen LogP contribution in [0.3, 0.4) is 0 Å². The zero-order valence-electron chi connectivity index (χ0n) is 9.75. The Morgan fingerprint density at radius 1 is 1.06 bits per heavy atom. The van der Waals surface area contributed by atoms with Crippen molar-refractivity contribution in [3.8, 4) is 0 Å². The van der Waals surface area contributed by atoms with Crippen LogP contribution in [0.25, 0.3) is 0 Å². The van der Waals surface area contributed by atoms with Gasteiger partial charge in [-0.1, -0.05) is 41.4 Å². The lowest BCUT2D eigenvalue weighted by molar-refractivity contribution is 0.692. The Balaban J connectivity index is 2.42. The molecule has 0 spiro atoms. The fourth-order valence-electron chi connectivity index (χ4n) is 1.90. The minimum atomic E-state index is 0.0956. The largest absolute Gasteiger partial charge is 0.309 e. The van der Waals surface area contributed by atoms with Crippen LogP contribution in [0.1, 0.15) is 17.2 Å². The number of hydrogen-bond acceptors (Lipinski definition) is 1. The number of hydrogen-bond donors (Lipinski definition) is 1. The lowest BCUT2D eigenvalue weighted by Crippen LogP contribution is -2.17. The van der Waals surface area contributed by atoms with Gasteiger partial charge in [0.25, 0.3) is 0 Å². The molecule has 0 fully saturated rings. The zero-order chi connectivity index (χ0) is 13.1. The highest BCUT2D eigenvalue weighted by atomic mass is 127. The number of rotatable bonds is 3. The van der Waals surface area contributed by atoms with E-state index in [4.69, 9.17) is 23.2 Å². The highest BCUT2D eigenvalue weighted by Crippen LogP contribution is 2.28. The van der Waals surface area contributed by atoms with Gasteiger partial charge in [0.1, 0.15) is 0 Å². The molecule has 0 saturated carbocycles. The van der Waals surface area contributed by atoms with Crippen molar-refractivity contribution >= 4 is 45.8 Å². The summed E-state index contributed by atoms with van der Waals surface area (Å²) in [5, 5.41) is 4.80. The molecular formula is C14H12Cl2IN. The molecule has 2 aromatic rings. The summed E-state index contributed by atoms with van der Waals surface area (Å²) in [6, 6.07) is 14.0. The standard InChI is InChI=1S/C14H12Cl2IN/c1-18-14(9-3-2-4-11(15)7-9)10-5-6-13(17)12(16)8-10/h2-8,14,18H,1H3. The molecule has 0 radical (unpaired) electrons. The predicted octanol–water partition coefficient (Wildman–Crippen LogP) is 4.91. The van der Waals surface area contributed by atoms with Crippen LogP contribution in [0.5, 0.6) is 0 Å². The summed E-state index contributed by atoms with van der Waals surface area (Å²) >= 11 is 14.4. The van der Waals surface area contributed by atoms with E-state index in [0.717, 1.165) is 24.7 Å². The molecule has 1 nitrogen and oxygen atoms in total. The molecule has 0 saturated heterocycles. The summed E-state index contributed by atoms with van der Waals surface area (Å²) < 4.78 is 1.05. The second-order valence-corrected chi connectivity index (χ2v) is 5.96. The molecular weight excluding hydrogens is 380 g/mol. The Hall–Kier alpha value is -0.290. The minimum Gasteiger partial charge on any atom is -0.309 e. The Kier molecular flexibility index (Phi) is 4.90. The highest BCUT2D eigenvalue weighted by Gasteiger charge is 2.13. The second kappa shape index (κ2) is 6.24. The average Bonchev–Trinajstić information content (AvgIpc) is 2.35. The van der Waals surface area contributed by atoms with Crippen molar-refractivity contribution in [1.82, 2.24) is 5.32 Å². The van der Waals surface area contributed by atoms with Crippen molar-refractivity contribution in [1.29, 1.82) is 0 Å². The Morgan fingerprint density at radius 2 is 1.78 bits per heavy atom. The second-order valence-electron chi connectivity index (χ2n) is 3.95. The predicted molar refractivity (Wildman–Crippen MR) is 86.5 cm³/mol. The van der Waals surface area contributed by atoms with Crippen molar-refractivity contribution in [2.75, 3.05) is 7.05 Å². The SMILES string of the molecule is CNC(c1cccc(Cl)c1)c1ccc(I)c(Cl)c1. The molecule has 2 rings (SSSR count). The smallest absolute Gasteiger partial charge is 0.0575 e. The van der Waals surface area contributed by atoms with Gasteiger partial charge in [-0.3, -0.25) is 0 Å². The van der Waals surface area contributed by atoms with Crippen molar-refractivity contribution in [2.24, 2.45) is 0 Å². The van der Waals surface area contributed by atoms with Gasteiger partial charge in [0.15, 0.2) is 0 Å². The molecule has 0 aromatic heterocycles. The fraction of sp³-hybridized carbons (Fsp3) is 0.143. The summed E-state index contributed by atoms with van der Waals surface area (Å²) in [7, 11) is 1.93. The third-order valence-electron chi connectivity index (χ3n) is 2.75. The number of benzene rings is 2. The Morgan fingerprint density at radius 3 is 2.39 bits per heavy atom. The summed E-state index contributed by atoms with van der Waals surface area (Å²) in [5.41, 5.74) is 2.26. The van der Waals surface area contributed by atoms with Crippen molar-refractivity contribution < 1.29 is 0 Å². The van der Waals surface area contributed by atoms with E-state index in [9.17, 15) is 0 Å². The first kappa shape index (κ1) is 14.1. The third-order valence-corrected chi connectivity index (χ3v) is 4.56. The van der Waals surface area contributed by atoms with E-state index < -0.39 is 0 Å². The van der Waals surface area contributed by atoms with Crippen LogP contribution in [0.2, 0.25) is 10.0 Å². The van der Waals surface area contributed by atoms with Crippen LogP contribution < -0.4 is 5.32 Å². The van der Waals surface area contributed by atoms with Crippen LogP contribution in [-0.4, -0.2) is 7.05 Å². The molecule has 1 N–H and O–H groups in total. The highest BCUT2D eigenvalue weighted by molar-refractivity contribution is 14.1. The minimum absolute atomic E-state index is 0.0956. The van der Waals surface area contributed by atoms with Gasteiger partial charge in [0.05, 0.1) is 11.1 Å². The van der Waals surface area contributed by atoms with E-state index in [1.807, 2.05) is 37.4 Å². The third kappa shape index (κ3) is 3.18. The molecule has 1 unspecified atom stereocenters. The Bertz CT molecular complexity index is 557. The maximum absolute atomic E-state index is 6.17. The maximum Gasteiger partial charge on any atom is 0.0575 e. The molecule has 4 heteroatoms. The molecule has 0 bridgehead atoms. The molecule has 2 aromatic carbocycles. The monoisotopic (exact) mass is 391 g/mol. The van der Waals surface area contributed by atoms with Crippen molar-refractivity contribution in [2.45, 2.75) is 6.04 Å². The topological polar surface area (TPSA) is 12.0 Å². The van der Waals surface area contributed by atoms with E-state index in [1.165, 1.54) is 0 Å². The van der Waals surface area contributed by atoms with Crippen molar-refractivity contribution in [3.63, 3.8) is 0 Å². The molecule has 18 heavy (non-hydrogen) atoms. The first-order valence-corrected chi connectivity index (χ1v) is 7.33. The van der Waals surface area contributed by atoms with Gasteiger partial charge >= 0.3 is 0 Å². The number of nitrogens with one attached hydrogen (secondary N) is 1. The molecule has 0 amide bonds. The lowest BCUT2D eigenvalue weighted by atomic mass is 9.99. The van der Waals surface area contributed by atoms with Crippen LogP contribution >= 0.6 is 45.8 Å².